The Kier molecular flexibility index (Phi) is 5.23. The van der Waals surface area contributed by atoms with Gasteiger partial charge in [0.25, 0.3) is 0 Å². The molecule has 1 saturated heterocycles. The van der Waals surface area contributed by atoms with Crippen molar-refractivity contribution in [2.75, 3.05) is 18.5 Å². The molecule has 0 radical (unpaired) electrons. The van der Waals surface area contributed by atoms with Crippen LogP contribution in [-0.2, 0) is 4.57 Å². The molecular weight excluding hydrogens is 191 g/mol. The summed E-state index contributed by atoms with van der Waals surface area (Å²) < 4.78 is 12.3. The number of hydrogen-bond donors (Lipinski definition) is 0. The second kappa shape index (κ2) is 5.95. The molecule has 1 heterocycles. The second-order valence-electron chi connectivity index (χ2n) is 5.18. The highest BCUT2D eigenvalue weighted by Gasteiger charge is 2.23. The van der Waals surface area contributed by atoms with E-state index in [-0.39, 0.29) is 0 Å². The Hall–Kier alpha value is 0.230. The van der Waals surface area contributed by atoms with Gasteiger partial charge in [-0.05, 0) is 25.2 Å². The van der Waals surface area contributed by atoms with Crippen LogP contribution in [0.2, 0.25) is 0 Å². The van der Waals surface area contributed by atoms with Crippen molar-refractivity contribution in [2.45, 2.75) is 52.4 Å². The smallest absolute Gasteiger partial charge is 0.0877 e. The summed E-state index contributed by atoms with van der Waals surface area (Å²) in [6.07, 6.45) is 10.7. The molecule has 14 heavy (non-hydrogen) atoms. The second-order valence-corrected chi connectivity index (χ2v) is 8.64. The average Bonchev–Trinajstić information content (AvgIpc) is 2.14. The van der Waals surface area contributed by atoms with Crippen molar-refractivity contribution in [3.05, 3.63) is 0 Å². The summed E-state index contributed by atoms with van der Waals surface area (Å²) in [5.41, 5.74) is 0. The largest absolute Gasteiger partial charge is 0.324 e. The van der Waals surface area contributed by atoms with Gasteiger partial charge >= 0.3 is 0 Å². The lowest BCUT2D eigenvalue weighted by molar-refractivity contribution is 0.535. The van der Waals surface area contributed by atoms with Gasteiger partial charge in [-0.2, -0.15) is 0 Å². The normalized spacial score (nSPS) is 21.4. The average molecular weight is 216 g/mol. The van der Waals surface area contributed by atoms with Crippen molar-refractivity contribution < 1.29 is 4.57 Å². The molecule has 0 atom stereocenters. The highest BCUT2D eigenvalue weighted by molar-refractivity contribution is 7.63. The van der Waals surface area contributed by atoms with Gasteiger partial charge in [-0.15, -0.1) is 0 Å². The predicted molar refractivity (Wildman–Crippen MR) is 64.7 cm³/mol. The molecule has 2 heteroatoms. The van der Waals surface area contributed by atoms with Gasteiger partial charge in [0.15, 0.2) is 0 Å². The first-order valence-corrected chi connectivity index (χ1v) is 8.46. The molecule has 1 aliphatic heterocycles. The number of rotatable bonds is 5. The Balaban J connectivity index is 2.13. The van der Waals surface area contributed by atoms with Crippen molar-refractivity contribution in [1.29, 1.82) is 0 Å². The van der Waals surface area contributed by atoms with Gasteiger partial charge in [0, 0.05) is 18.5 Å². The van der Waals surface area contributed by atoms with E-state index in [9.17, 15) is 4.57 Å². The zero-order chi connectivity index (χ0) is 10.4. The minimum absolute atomic E-state index is 0.808. The van der Waals surface area contributed by atoms with Crippen LogP contribution < -0.4 is 0 Å². The lowest BCUT2D eigenvalue weighted by Crippen LogP contribution is -2.06. The molecule has 0 aromatic carbocycles. The van der Waals surface area contributed by atoms with Crippen LogP contribution in [0.3, 0.4) is 0 Å². The molecule has 0 amide bonds. The van der Waals surface area contributed by atoms with Gasteiger partial charge in [0.2, 0.25) is 0 Å². The van der Waals surface area contributed by atoms with Gasteiger partial charge in [-0.1, -0.05) is 33.1 Å². The summed E-state index contributed by atoms with van der Waals surface area (Å²) in [5, 5.41) is 0. The Labute approximate surface area is 89.0 Å². The van der Waals surface area contributed by atoms with Crippen molar-refractivity contribution in [2.24, 2.45) is 5.92 Å². The molecule has 0 saturated carbocycles. The van der Waals surface area contributed by atoms with E-state index in [4.69, 9.17) is 0 Å². The first-order chi connectivity index (χ1) is 6.62. The van der Waals surface area contributed by atoms with Gasteiger partial charge in [0.1, 0.15) is 0 Å². The minimum Gasteiger partial charge on any atom is -0.324 e. The van der Waals surface area contributed by atoms with E-state index in [0.717, 1.165) is 24.4 Å². The zero-order valence-corrected chi connectivity index (χ0v) is 10.7. The quantitative estimate of drug-likeness (QED) is 0.493. The van der Waals surface area contributed by atoms with Crippen LogP contribution in [-0.4, -0.2) is 18.5 Å². The van der Waals surface area contributed by atoms with Crippen LogP contribution in [0, 0.1) is 5.92 Å². The molecule has 0 bridgehead atoms. The van der Waals surface area contributed by atoms with Crippen molar-refractivity contribution in [3.63, 3.8) is 0 Å². The van der Waals surface area contributed by atoms with Crippen LogP contribution in [0.5, 0.6) is 0 Å². The lowest BCUT2D eigenvalue weighted by atomic mass is 10.1. The molecule has 0 aliphatic carbocycles. The summed E-state index contributed by atoms with van der Waals surface area (Å²) in [6, 6.07) is 0. The maximum Gasteiger partial charge on any atom is 0.0877 e. The van der Waals surface area contributed by atoms with E-state index in [1.54, 1.807) is 0 Å². The number of hydrogen-bond acceptors (Lipinski definition) is 1. The summed E-state index contributed by atoms with van der Waals surface area (Å²) in [7, 11) is -1.67. The molecule has 0 spiro atoms. The van der Waals surface area contributed by atoms with Gasteiger partial charge < -0.3 is 4.57 Å². The Morgan fingerprint density at radius 2 is 1.71 bits per heavy atom. The van der Waals surface area contributed by atoms with E-state index < -0.39 is 7.14 Å². The van der Waals surface area contributed by atoms with Crippen LogP contribution in [0.25, 0.3) is 0 Å². The SMILES string of the molecule is CC(C)CCCCP1(=O)CCCCC1. The summed E-state index contributed by atoms with van der Waals surface area (Å²) >= 11 is 0. The molecular formula is C12H25OP. The first-order valence-electron chi connectivity index (χ1n) is 6.19. The lowest BCUT2D eigenvalue weighted by Gasteiger charge is -2.22. The standard InChI is InChI=1S/C12H25OP/c1-12(2)8-4-7-11-14(13)9-5-3-6-10-14/h12H,3-11H2,1-2H3. The highest BCUT2D eigenvalue weighted by Crippen LogP contribution is 2.50. The fraction of sp³-hybridized carbons (Fsp3) is 1.00. The fourth-order valence-electron chi connectivity index (χ4n) is 2.26. The Bertz CT molecular complexity index is 188. The fourth-order valence-corrected chi connectivity index (χ4v) is 5.34. The third kappa shape index (κ3) is 4.64. The molecule has 0 unspecified atom stereocenters. The van der Waals surface area contributed by atoms with Crippen LogP contribution >= 0.6 is 7.14 Å². The highest BCUT2D eigenvalue weighted by atomic mass is 31.2. The maximum atomic E-state index is 12.3. The third-order valence-corrected chi connectivity index (χ3v) is 6.62. The summed E-state index contributed by atoms with van der Waals surface area (Å²) in [5.74, 6) is 0.808. The van der Waals surface area contributed by atoms with Crippen molar-refractivity contribution in [1.82, 2.24) is 0 Å². The molecule has 0 aromatic heterocycles. The maximum absolute atomic E-state index is 12.3. The van der Waals surface area contributed by atoms with E-state index >= 15 is 0 Å². The molecule has 1 aliphatic rings. The Morgan fingerprint density at radius 1 is 1.07 bits per heavy atom. The van der Waals surface area contributed by atoms with Crippen molar-refractivity contribution >= 4 is 7.14 Å². The molecule has 0 aromatic rings. The first kappa shape index (κ1) is 12.3. The van der Waals surface area contributed by atoms with Crippen LogP contribution in [0.4, 0.5) is 0 Å². The van der Waals surface area contributed by atoms with Gasteiger partial charge in [-0.25, -0.2) is 0 Å². The third-order valence-electron chi connectivity index (χ3n) is 3.23. The topological polar surface area (TPSA) is 17.1 Å². The molecule has 0 N–H and O–H groups in total. The molecule has 1 fully saturated rings. The van der Waals surface area contributed by atoms with E-state index in [0.29, 0.717) is 0 Å². The van der Waals surface area contributed by atoms with Crippen LogP contribution in [0.15, 0.2) is 0 Å². The van der Waals surface area contributed by atoms with E-state index in [2.05, 4.69) is 13.8 Å². The predicted octanol–water partition coefficient (Wildman–Crippen LogP) is 4.36. The minimum atomic E-state index is -1.67. The molecule has 1 rings (SSSR count). The summed E-state index contributed by atoms with van der Waals surface area (Å²) in [4.78, 5) is 0. The van der Waals surface area contributed by atoms with Gasteiger partial charge in [-0.3, -0.25) is 0 Å². The van der Waals surface area contributed by atoms with Gasteiger partial charge in [0.05, 0.1) is 7.14 Å². The summed E-state index contributed by atoms with van der Waals surface area (Å²) in [6.45, 7) is 4.53. The Morgan fingerprint density at radius 3 is 2.29 bits per heavy atom. The van der Waals surface area contributed by atoms with Crippen LogP contribution in [0.1, 0.15) is 52.4 Å². The molecule has 1 nitrogen and oxygen atoms in total. The zero-order valence-electron chi connectivity index (χ0n) is 9.80. The van der Waals surface area contributed by atoms with Crippen molar-refractivity contribution in [3.8, 4) is 0 Å². The molecule has 84 valence electrons. The number of unbranched alkanes of at least 4 members (excludes halogenated alkanes) is 1. The van der Waals surface area contributed by atoms with E-state index in [1.807, 2.05) is 0 Å². The van der Waals surface area contributed by atoms with E-state index in [1.165, 1.54) is 38.5 Å². The monoisotopic (exact) mass is 216 g/mol.